The van der Waals surface area contributed by atoms with Crippen LogP contribution in [-0.2, 0) is 16.1 Å². The van der Waals surface area contributed by atoms with Gasteiger partial charge in [-0.1, -0.05) is 18.2 Å². The van der Waals surface area contributed by atoms with Crippen LogP contribution in [0.15, 0.2) is 72.6 Å². The summed E-state index contributed by atoms with van der Waals surface area (Å²) in [6.07, 6.45) is 3.30. The van der Waals surface area contributed by atoms with E-state index < -0.39 is 17.7 Å². The summed E-state index contributed by atoms with van der Waals surface area (Å²) in [5.41, 5.74) is 2.72. The van der Waals surface area contributed by atoms with Crippen LogP contribution in [0.25, 0.3) is 5.76 Å². The number of nitrogens with zero attached hydrogens (tertiary/aromatic N) is 2. The van der Waals surface area contributed by atoms with Crippen LogP contribution in [0.2, 0.25) is 0 Å². The van der Waals surface area contributed by atoms with Gasteiger partial charge in [0.05, 0.1) is 25.3 Å². The number of aromatic nitrogens is 1. The second-order valence-corrected chi connectivity index (χ2v) is 7.97. The van der Waals surface area contributed by atoms with E-state index in [0.717, 1.165) is 11.1 Å². The zero-order chi connectivity index (χ0) is 24.2. The minimum atomic E-state index is -0.767. The van der Waals surface area contributed by atoms with Crippen molar-refractivity contribution in [2.75, 3.05) is 13.7 Å². The third-order valence-electron chi connectivity index (χ3n) is 5.81. The molecule has 174 valence electrons. The Balaban J connectivity index is 1.84. The van der Waals surface area contributed by atoms with E-state index in [0.29, 0.717) is 29.2 Å². The van der Waals surface area contributed by atoms with Crippen LogP contribution < -0.4 is 9.47 Å². The van der Waals surface area contributed by atoms with Crippen molar-refractivity contribution in [3.8, 4) is 11.5 Å². The summed E-state index contributed by atoms with van der Waals surface area (Å²) >= 11 is 0. The predicted molar refractivity (Wildman–Crippen MR) is 127 cm³/mol. The Morgan fingerprint density at radius 1 is 1.09 bits per heavy atom. The van der Waals surface area contributed by atoms with Crippen LogP contribution >= 0.6 is 0 Å². The Morgan fingerprint density at radius 3 is 2.44 bits per heavy atom. The number of carbonyl (C=O) groups excluding carboxylic acids is 2. The van der Waals surface area contributed by atoms with Gasteiger partial charge >= 0.3 is 0 Å². The van der Waals surface area contributed by atoms with Gasteiger partial charge in [-0.2, -0.15) is 0 Å². The third kappa shape index (κ3) is 4.37. The fourth-order valence-electron chi connectivity index (χ4n) is 4.17. The summed E-state index contributed by atoms with van der Waals surface area (Å²) in [6, 6.07) is 15.2. The molecule has 7 heteroatoms. The van der Waals surface area contributed by atoms with Crippen molar-refractivity contribution in [1.29, 1.82) is 0 Å². The van der Waals surface area contributed by atoms with E-state index in [4.69, 9.17) is 9.47 Å². The average molecular weight is 459 g/mol. The van der Waals surface area contributed by atoms with Crippen LogP contribution in [-0.4, -0.2) is 40.4 Å². The second kappa shape index (κ2) is 9.79. The molecule has 1 aliphatic heterocycles. The van der Waals surface area contributed by atoms with Crippen LogP contribution in [0.4, 0.5) is 0 Å². The van der Waals surface area contributed by atoms with E-state index >= 15 is 0 Å². The minimum absolute atomic E-state index is 0.0475. The monoisotopic (exact) mass is 458 g/mol. The van der Waals surface area contributed by atoms with Gasteiger partial charge in [-0.3, -0.25) is 14.6 Å². The number of aryl methyl sites for hydroxylation is 1. The van der Waals surface area contributed by atoms with Gasteiger partial charge in [0, 0.05) is 24.5 Å². The standard InChI is InChI=1S/C27H26N2O5/c1-4-34-21-11-12-22(17(2)14-21)25(30)23-24(19-7-9-20(33-3)10-8-19)29(27(32)26(23)31)16-18-6-5-13-28-15-18/h5-15,24,30H,4,16H2,1-3H3. The summed E-state index contributed by atoms with van der Waals surface area (Å²) in [5, 5.41) is 11.3. The summed E-state index contributed by atoms with van der Waals surface area (Å²) < 4.78 is 10.8. The highest BCUT2D eigenvalue weighted by atomic mass is 16.5. The van der Waals surface area contributed by atoms with E-state index in [1.807, 2.05) is 19.9 Å². The molecule has 1 atom stereocenters. The number of aliphatic hydroxyl groups is 1. The third-order valence-corrected chi connectivity index (χ3v) is 5.81. The molecule has 2 aromatic carbocycles. The van der Waals surface area contributed by atoms with Gasteiger partial charge in [-0.15, -0.1) is 0 Å². The number of ether oxygens (including phenoxy) is 2. The van der Waals surface area contributed by atoms with E-state index in [2.05, 4.69) is 4.98 Å². The Morgan fingerprint density at radius 2 is 1.82 bits per heavy atom. The average Bonchev–Trinajstić information content (AvgIpc) is 3.09. The van der Waals surface area contributed by atoms with Crippen LogP contribution in [0, 0.1) is 6.92 Å². The molecular formula is C27H26N2O5. The molecule has 1 aromatic heterocycles. The fourth-order valence-corrected chi connectivity index (χ4v) is 4.17. The number of Topliss-reactive ketones (excluding diaryl/α,β-unsaturated/α-hetero) is 1. The maximum absolute atomic E-state index is 13.2. The summed E-state index contributed by atoms with van der Waals surface area (Å²) in [4.78, 5) is 32.0. The molecule has 1 aliphatic rings. The van der Waals surface area contributed by atoms with Crippen molar-refractivity contribution in [2.24, 2.45) is 0 Å². The molecule has 0 aliphatic carbocycles. The lowest BCUT2D eigenvalue weighted by molar-refractivity contribution is -0.140. The predicted octanol–water partition coefficient (Wildman–Crippen LogP) is 4.42. The Kier molecular flexibility index (Phi) is 6.63. The number of likely N-dealkylation sites (tertiary alicyclic amines) is 1. The maximum Gasteiger partial charge on any atom is 0.295 e. The van der Waals surface area contributed by atoms with Crippen LogP contribution in [0.5, 0.6) is 11.5 Å². The molecule has 1 N–H and O–H groups in total. The zero-order valence-electron chi connectivity index (χ0n) is 19.3. The van der Waals surface area contributed by atoms with E-state index in [1.165, 1.54) is 4.90 Å². The Bertz CT molecular complexity index is 1240. The molecule has 1 unspecified atom stereocenters. The first-order chi connectivity index (χ1) is 16.4. The number of rotatable bonds is 7. The van der Waals surface area contributed by atoms with Gasteiger partial charge in [-0.05, 0) is 66.9 Å². The van der Waals surface area contributed by atoms with E-state index in [9.17, 15) is 14.7 Å². The maximum atomic E-state index is 13.2. The highest BCUT2D eigenvalue weighted by Gasteiger charge is 2.46. The Labute approximate surface area is 198 Å². The van der Waals surface area contributed by atoms with Gasteiger partial charge in [0.25, 0.3) is 11.7 Å². The molecule has 0 bridgehead atoms. The number of hydrogen-bond acceptors (Lipinski definition) is 6. The number of benzene rings is 2. The lowest BCUT2D eigenvalue weighted by atomic mass is 9.93. The molecule has 0 saturated carbocycles. The summed E-state index contributed by atoms with van der Waals surface area (Å²) in [5.74, 6) is -0.297. The first kappa shape index (κ1) is 23.0. The normalized spacial score (nSPS) is 17.1. The molecule has 0 radical (unpaired) electrons. The molecule has 0 spiro atoms. The van der Waals surface area contributed by atoms with Crippen molar-refractivity contribution < 1.29 is 24.2 Å². The lowest BCUT2D eigenvalue weighted by Gasteiger charge is -2.25. The minimum Gasteiger partial charge on any atom is -0.507 e. The van der Waals surface area contributed by atoms with Crippen molar-refractivity contribution in [1.82, 2.24) is 9.88 Å². The van der Waals surface area contributed by atoms with Gasteiger partial charge in [-0.25, -0.2) is 0 Å². The number of pyridine rings is 1. The summed E-state index contributed by atoms with van der Waals surface area (Å²) in [7, 11) is 1.57. The smallest absolute Gasteiger partial charge is 0.295 e. The molecule has 1 amide bonds. The zero-order valence-corrected chi connectivity index (χ0v) is 19.3. The molecule has 2 heterocycles. The van der Waals surface area contributed by atoms with E-state index in [1.54, 1.807) is 68.0 Å². The number of aliphatic hydroxyl groups excluding tert-OH is 1. The molecule has 1 saturated heterocycles. The SMILES string of the molecule is CCOc1ccc(C(O)=C2C(=O)C(=O)N(Cc3cccnc3)C2c2ccc(OC)cc2)c(C)c1. The first-order valence-corrected chi connectivity index (χ1v) is 11.0. The highest BCUT2D eigenvalue weighted by Crippen LogP contribution is 2.41. The number of methoxy groups -OCH3 is 1. The lowest BCUT2D eigenvalue weighted by Crippen LogP contribution is -2.29. The number of ketones is 1. The number of amides is 1. The fraction of sp³-hybridized carbons (Fsp3) is 0.222. The van der Waals surface area contributed by atoms with Gasteiger partial charge in [0.1, 0.15) is 17.3 Å². The molecule has 34 heavy (non-hydrogen) atoms. The van der Waals surface area contributed by atoms with Crippen molar-refractivity contribution in [2.45, 2.75) is 26.4 Å². The molecule has 4 rings (SSSR count). The van der Waals surface area contributed by atoms with Gasteiger partial charge in [0.2, 0.25) is 0 Å². The molecule has 7 nitrogen and oxygen atoms in total. The van der Waals surface area contributed by atoms with Gasteiger partial charge < -0.3 is 19.5 Å². The number of hydrogen-bond donors (Lipinski definition) is 1. The van der Waals surface area contributed by atoms with Crippen LogP contribution in [0.1, 0.15) is 35.2 Å². The highest BCUT2D eigenvalue weighted by molar-refractivity contribution is 6.46. The van der Waals surface area contributed by atoms with Crippen molar-refractivity contribution in [3.63, 3.8) is 0 Å². The van der Waals surface area contributed by atoms with Gasteiger partial charge in [0.15, 0.2) is 0 Å². The molecular weight excluding hydrogens is 432 g/mol. The molecule has 3 aromatic rings. The van der Waals surface area contributed by atoms with E-state index in [-0.39, 0.29) is 17.9 Å². The topological polar surface area (TPSA) is 89.0 Å². The first-order valence-electron chi connectivity index (χ1n) is 11.0. The second-order valence-electron chi connectivity index (χ2n) is 7.97. The quantitative estimate of drug-likeness (QED) is 0.320. The number of carbonyl (C=O) groups is 2. The van der Waals surface area contributed by atoms with Crippen LogP contribution in [0.3, 0.4) is 0 Å². The largest absolute Gasteiger partial charge is 0.507 e. The Hall–Kier alpha value is -4.13. The van der Waals surface area contributed by atoms with Crippen molar-refractivity contribution in [3.05, 3.63) is 94.8 Å². The molecule has 1 fully saturated rings. The van der Waals surface area contributed by atoms with Crippen molar-refractivity contribution >= 4 is 17.4 Å². The summed E-state index contributed by atoms with van der Waals surface area (Å²) in [6.45, 7) is 4.41.